The molecule has 18 atom stereocenters. The highest BCUT2D eigenvalue weighted by Crippen LogP contribution is 2.39. The molecule has 0 aliphatic carbocycles. The van der Waals surface area contributed by atoms with Gasteiger partial charge in [-0.15, -0.1) is 0 Å². The van der Waals surface area contributed by atoms with Gasteiger partial charge >= 0.3 is 5.97 Å². The molecule has 3 heterocycles. The second-order valence-electron chi connectivity index (χ2n) is 29.3. The van der Waals surface area contributed by atoms with E-state index in [0.29, 0.717) is 12.8 Å². The summed E-state index contributed by atoms with van der Waals surface area (Å²) in [6.45, 7) is 2.20. The molecule has 3 fully saturated rings. The van der Waals surface area contributed by atoms with E-state index < -0.39 is 155 Å². The molecule has 3 saturated heterocycles. The Labute approximate surface area is 601 Å². The summed E-state index contributed by atoms with van der Waals surface area (Å²) in [5, 5.41) is 136. The van der Waals surface area contributed by atoms with Gasteiger partial charge in [-0.2, -0.15) is 0 Å². The highest BCUT2D eigenvalue weighted by Gasteiger charge is 2.60. The number of allylic oxidation sites excluding steroid dienone is 1. The van der Waals surface area contributed by atoms with E-state index in [2.05, 4.69) is 24.5 Å². The van der Waals surface area contributed by atoms with Crippen LogP contribution in [-0.4, -0.2) is 215 Å². The molecule has 0 bridgehead atoms. The zero-order valence-corrected chi connectivity index (χ0v) is 62.1. The third kappa shape index (κ3) is 37.1. The average Bonchev–Trinajstić information content (AvgIpc) is 0.765. The van der Waals surface area contributed by atoms with Crippen LogP contribution in [-0.2, 0) is 42.8 Å². The Hall–Kier alpha value is -2.53. The Morgan fingerprint density at radius 3 is 1.33 bits per heavy atom. The number of aliphatic hydroxyl groups excluding tert-OH is 11. The molecule has 0 radical (unpaired) electrons. The standard InChI is InChI=1S/C77H144N2O21/c1-4-6-8-10-12-14-16-18-20-22-24-26-28-29-31-33-35-37-39-41-43-45-47-49-51-64(87)79-58(59(84)50-48-46-44-42-40-38-36-34-32-30-27-25-23-21-19-17-15-13-11-9-7-5-2)56-95-74-69(91)68(90)71(63(55-82)97-74)98-75-70(92)73(67(89)62(54-81)96-75)100-77(76(93)94)52-60(85)65(78-57(3)83)72(99-77)66(88)61(86)53-80/h48,50,58-63,65-75,80-82,84-86,88-92H,4-47,49,51-56H2,1-3H3,(H,78,83)(H,79,87)(H,93,94)/b50-48+. The summed E-state index contributed by atoms with van der Waals surface area (Å²) in [5.41, 5.74) is 0. The lowest BCUT2D eigenvalue weighted by Crippen LogP contribution is -2.70. The van der Waals surface area contributed by atoms with Gasteiger partial charge in [-0.25, -0.2) is 4.79 Å². The quantitative estimate of drug-likeness (QED) is 0.0199. The molecule has 0 spiro atoms. The largest absolute Gasteiger partial charge is 0.477 e. The van der Waals surface area contributed by atoms with Gasteiger partial charge in [0.15, 0.2) is 12.6 Å². The molecule has 588 valence electrons. The van der Waals surface area contributed by atoms with Crippen LogP contribution < -0.4 is 10.6 Å². The number of carbonyl (C=O) groups excluding carboxylic acids is 2. The number of amides is 2. The van der Waals surface area contributed by atoms with E-state index in [0.717, 1.165) is 51.9 Å². The molecule has 3 aliphatic heterocycles. The van der Waals surface area contributed by atoms with Crippen molar-refractivity contribution in [3.8, 4) is 0 Å². The predicted molar refractivity (Wildman–Crippen MR) is 385 cm³/mol. The SMILES string of the molecule is CCCCCCCCCCCCCCCCCCCCCC/C=C/C(O)C(COC1OC(CO)C(OC2OC(CO)C(O)C(OC3(C(=O)O)CC(O)C(NC(C)=O)C(C(O)C(O)CO)O3)C2O)C(O)C1O)NC(=O)CCCCCCCCCCCCCCCCCCCCCCCCCC. The highest BCUT2D eigenvalue weighted by molar-refractivity contribution is 5.77. The molecule has 100 heavy (non-hydrogen) atoms. The van der Waals surface area contributed by atoms with Crippen LogP contribution in [0.1, 0.15) is 323 Å². The number of nitrogens with one attached hydrogen (secondary N) is 2. The monoisotopic (exact) mass is 1430 g/mol. The van der Waals surface area contributed by atoms with E-state index in [1.165, 1.54) is 231 Å². The molecule has 0 aromatic heterocycles. The fourth-order valence-electron chi connectivity index (χ4n) is 14.1. The Morgan fingerprint density at radius 2 is 0.930 bits per heavy atom. The lowest BCUT2D eigenvalue weighted by Gasteiger charge is -2.50. The topological polar surface area (TPSA) is 373 Å². The smallest absolute Gasteiger partial charge is 0.364 e. The lowest BCUT2D eigenvalue weighted by atomic mass is 9.88. The van der Waals surface area contributed by atoms with Crippen molar-refractivity contribution in [3.05, 3.63) is 12.2 Å². The van der Waals surface area contributed by atoms with E-state index >= 15 is 0 Å². The molecule has 3 aliphatic rings. The third-order valence-electron chi connectivity index (χ3n) is 20.5. The molecule has 0 aromatic carbocycles. The van der Waals surface area contributed by atoms with Crippen molar-refractivity contribution in [2.45, 2.75) is 432 Å². The van der Waals surface area contributed by atoms with Crippen LogP contribution in [0.3, 0.4) is 0 Å². The van der Waals surface area contributed by atoms with Crippen LogP contribution >= 0.6 is 0 Å². The number of carboxylic acids is 1. The van der Waals surface area contributed by atoms with Gasteiger partial charge in [0, 0.05) is 19.8 Å². The molecule has 18 unspecified atom stereocenters. The number of hydrogen-bond acceptors (Lipinski definition) is 20. The van der Waals surface area contributed by atoms with Crippen LogP contribution in [0.15, 0.2) is 12.2 Å². The van der Waals surface area contributed by atoms with Gasteiger partial charge in [-0.05, 0) is 19.3 Å². The fraction of sp³-hybridized carbons (Fsp3) is 0.935. The van der Waals surface area contributed by atoms with Crippen molar-refractivity contribution in [1.82, 2.24) is 10.6 Å². The molecule has 14 N–H and O–H groups in total. The van der Waals surface area contributed by atoms with E-state index in [1.54, 1.807) is 6.08 Å². The van der Waals surface area contributed by atoms with Crippen LogP contribution in [0.5, 0.6) is 0 Å². The van der Waals surface area contributed by atoms with Crippen LogP contribution in [0.25, 0.3) is 0 Å². The number of carbonyl (C=O) groups is 3. The molecule has 0 aromatic rings. The van der Waals surface area contributed by atoms with Crippen molar-refractivity contribution >= 4 is 17.8 Å². The summed E-state index contributed by atoms with van der Waals surface area (Å²) in [5.74, 6) is -6.13. The van der Waals surface area contributed by atoms with Gasteiger partial charge in [-0.1, -0.05) is 296 Å². The first-order chi connectivity index (χ1) is 48.4. The minimum absolute atomic E-state index is 0.206. The van der Waals surface area contributed by atoms with Crippen molar-refractivity contribution in [2.75, 3.05) is 26.4 Å². The Kier molecular flexibility index (Phi) is 52.0. The summed E-state index contributed by atoms with van der Waals surface area (Å²) in [4.78, 5) is 38.7. The van der Waals surface area contributed by atoms with Gasteiger partial charge in [0.05, 0.1) is 50.7 Å². The second kappa shape index (κ2) is 56.8. The minimum atomic E-state index is -3.08. The van der Waals surface area contributed by atoms with Crippen molar-refractivity contribution in [3.63, 3.8) is 0 Å². The maximum Gasteiger partial charge on any atom is 0.364 e. The van der Waals surface area contributed by atoms with E-state index in [1.807, 2.05) is 6.08 Å². The lowest BCUT2D eigenvalue weighted by molar-refractivity contribution is -0.386. The van der Waals surface area contributed by atoms with Gasteiger partial charge in [0.2, 0.25) is 11.8 Å². The Morgan fingerprint density at radius 1 is 0.520 bits per heavy atom. The molecule has 23 nitrogen and oxygen atoms in total. The van der Waals surface area contributed by atoms with Gasteiger partial charge in [-0.3, -0.25) is 9.59 Å². The normalized spacial score (nSPS) is 27.0. The number of unbranched alkanes of at least 4 members (excludes halogenated alkanes) is 43. The predicted octanol–water partition coefficient (Wildman–Crippen LogP) is 10.2. The molecular weight excluding hydrogens is 1290 g/mol. The zero-order chi connectivity index (χ0) is 73.2. The first-order valence-corrected chi connectivity index (χ1v) is 40.1. The van der Waals surface area contributed by atoms with Crippen LogP contribution in [0.2, 0.25) is 0 Å². The zero-order valence-electron chi connectivity index (χ0n) is 62.1. The first kappa shape index (κ1) is 91.7. The van der Waals surface area contributed by atoms with Crippen LogP contribution in [0, 0.1) is 0 Å². The Bertz CT molecular complexity index is 2050. The van der Waals surface area contributed by atoms with E-state index in [9.17, 15) is 75.7 Å². The van der Waals surface area contributed by atoms with Gasteiger partial charge < -0.3 is 100 Å². The summed E-state index contributed by atoms with van der Waals surface area (Å²) < 4.78 is 34.9. The van der Waals surface area contributed by atoms with Crippen LogP contribution in [0.4, 0.5) is 0 Å². The summed E-state index contributed by atoms with van der Waals surface area (Å²) in [6.07, 6.45) is 31.0. The fourth-order valence-corrected chi connectivity index (χ4v) is 14.1. The number of hydrogen-bond donors (Lipinski definition) is 14. The third-order valence-corrected chi connectivity index (χ3v) is 20.5. The maximum absolute atomic E-state index is 13.5. The van der Waals surface area contributed by atoms with Crippen molar-refractivity contribution in [2.24, 2.45) is 0 Å². The molecule has 2 amide bonds. The summed E-state index contributed by atoms with van der Waals surface area (Å²) in [6, 6.07) is -2.62. The number of aliphatic hydroxyl groups is 11. The molecular formula is C77H144N2O21. The average molecular weight is 1430 g/mol. The van der Waals surface area contributed by atoms with Crippen molar-refractivity contribution in [1.29, 1.82) is 0 Å². The Balaban J connectivity index is 1.53. The highest BCUT2D eigenvalue weighted by atomic mass is 16.8. The van der Waals surface area contributed by atoms with Gasteiger partial charge in [0.25, 0.3) is 5.79 Å². The van der Waals surface area contributed by atoms with E-state index in [4.69, 9.17) is 28.4 Å². The second-order valence-corrected chi connectivity index (χ2v) is 29.3. The number of carboxylic acid groups (broad SMARTS) is 1. The van der Waals surface area contributed by atoms with Crippen molar-refractivity contribution < 1.29 is 104 Å². The maximum atomic E-state index is 13.5. The molecule has 0 saturated carbocycles. The minimum Gasteiger partial charge on any atom is -0.477 e. The number of ether oxygens (including phenoxy) is 6. The first-order valence-electron chi connectivity index (χ1n) is 40.1. The summed E-state index contributed by atoms with van der Waals surface area (Å²) in [7, 11) is 0. The number of rotatable bonds is 63. The molecule has 3 rings (SSSR count). The molecule has 23 heteroatoms. The van der Waals surface area contributed by atoms with E-state index in [-0.39, 0.29) is 12.3 Å². The summed E-state index contributed by atoms with van der Waals surface area (Å²) >= 11 is 0. The van der Waals surface area contributed by atoms with Gasteiger partial charge in [0.1, 0.15) is 67.1 Å². The number of aliphatic carboxylic acids is 1.